The van der Waals surface area contributed by atoms with Crippen molar-refractivity contribution in [3.05, 3.63) is 71.3 Å². The second kappa shape index (κ2) is 7.95. The lowest BCUT2D eigenvalue weighted by atomic mass is 9.82. The van der Waals surface area contributed by atoms with Crippen LogP contribution in [-0.4, -0.2) is 5.97 Å². The zero-order valence-electron chi connectivity index (χ0n) is 13.9. The predicted molar refractivity (Wildman–Crippen MR) is 103 cm³/mol. The largest absolute Gasteiger partial charge is 0.460 e. The van der Waals surface area contributed by atoms with Gasteiger partial charge in [0.25, 0.3) is 0 Å². The first kappa shape index (κ1) is 18.0. The number of carbonyl (C=O) groups excluding carboxylic acids is 1. The van der Waals surface area contributed by atoms with Gasteiger partial charge in [0.05, 0.1) is 0 Å². The molecule has 0 saturated heterocycles. The molecule has 122 valence electrons. The standard InChI is InChI=1S/C20H23IO2/c1-4-20(2,3)17-12-10-16(11-13-17)18(21)19(22)23-14-15-8-6-5-7-9-15/h5-13,18H,4,14H2,1-3H3. The van der Waals surface area contributed by atoms with E-state index in [0.29, 0.717) is 6.61 Å². The smallest absolute Gasteiger partial charge is 0.323 e. The number of carbonyl (C=O) groups is 1. The van der Waals surface area contributed by atoms with E-state index in [9.17, 15) is 4.79 Å². The Kier molecular flexibility index (Phi) is 6.22. The van der Waals surface area contributed by atoms with E-state index in [1.54, 1.807) is 0 Å². The first-order valence-electron chi connectivity index (χ1n) is 7.89. The summed E-state index contributed by atoms with van der Waals surface area (Å²) < 4.78 is 5.13. The SMILES string of the molecule is CCC(C)(C)c1ccc(C(I)C(=O)OCc2ccccc2)cc1. The van der Waals surface area contributed by atoms with Gasteiger partial charge in [-0.1, -0.05) is 98.0 Å². The van der Waals surface area contributed by atoms with Gasteiger partial charge in [-0.2, -0.15) is 0 Å². The van der Waals surface area contributed by atoms with Crippen LogP contribution in [0.1, 0.15) is 47.8 Å². The molecule has 1 atom stereocenters. The van der Waals surface area contributed by atoms with Crippen molar-refractivity contribution in [2.45, 2.75) is 43.1 Å². The first-order chi connectivity index (χ1) is 10.9. The molecular weight excluding hydrogens is 399 g/mol. The minimum atomic E-state index is -0.282. The Morgan fingerprint density at radius 1 is 1.09 bits per heavy atom. The van der Waals surface area contributed by atoms with Gasteiger partial charge in [0.1, 0.15) is 10.5 Å². The third-order valence-electron chi connectivity index (χ3n) is 4.30. The van der Waals surface area contributed by atoms with E-state index in [-0.39, 0.29) is 15.3 Å². The van der Waals surface area contributed by atoms with E-state index in [2.05, 4.69) is 55.5 Å². The van der Waals surface area contributed by atoms with Gasteiger partial charge in [0.15, 0.2) is 0 Å². The number of alkyl halides is 1. The maximum absolute atomic E-state index is 12.2. The Balaban J connectivity index is 1.99. The van der Waals surface area contributed by atoms with Crippen LogP contribution in [0.3, 0.4) is 0 Å². The van der Waals surface area contributed by atoms with Crippen molar-refractivity contribution in [3.8, 4) is 0 Å². The number of hydrogen-bond acceptors (Lipinski definition) is 2. The lowest BCUT2D eigenvalue weighted by molar-refractivity contribution is -0.143. The lowest BCUT2D eigenvalue weighted by Gasteiger charge is -2.23. The van der Waals surface area contributed by atoms with Gasteiger partial charge in [0.2, 0.25) is 0 Å². The van der Waals surface area contributed by atoms with Gasteiger partial charge >= 0.3 is 5.97 Å². The van der Waals surface area contributed by atoms with Crippen LogP contribution in [-0.2, 0) is 21.6 Å². The summed E-state index contributed by atoms with van der Waals surface area (Å²) in [4.78, 5) is 12.2. The summed E-state index contributed by atoms with van der Waals surface area (Å²) in [6.07, 6.45) is 1.08. The highest BCUT2D eigenvalue weighted by atomic mass is 127. The number of esters is 1. The zero-order valence-corrected chi connectivity index (χ0v) is 16.0. The van der Waals surface area contributed by atoms with Crippen molar-refractivity contribution >= 4 is 28.6 Å². The zero-order chi connectivity index (χ0) is 16.9. The maximum atomic E-state index is 12.2. The van der Waals surface area contributed by atoms with Crippen molar-refractivity contribution in [2.24, 2.45) is 0 Å². The Bertz CT molecular complexity index is 632. The van der Waals surface area contributed by atoms with E-state index in [1.165, 1.54) is 5.56 Å². The van der Waals surface area contributed by atoms with Gasteiger partial charge in [-0.15, -0.1) is 0 Å². The molecule has 0 aliphatic heterocycles. The molecule has 2 nitrogen and oxygen atoms in total. The summed E-state index contributed by atoms with van der Waals surface area (Å²) in [6.45, 7) is 6.98. The van der Waals surface area contributed by atoms with Crippen molar-refractivity contribution in [1.29, 1.82) is 0 Å². The lowest BCUT2D eigenvalue weighted by Crippen LogP contribution is -2.16. The van der Waals surface area contributed by atoms with Crippen LogP contribution in [0.2, 0.25) is 0 Å². The van der Waals surface area contributed by atoms with Crippen LogP contribution in [0.15, 0.2) is 54.6 Å². The highest BCUT2D eigenvalue weighted by molar-refractivity contribution is 14.1. The fourth-order valence-electron chi connectivity index (χ4n) is 2.25. The van der Waals surface area contributed by atoms with Crippen LogP contribution in [0.4, 0.5) is 0 Å². The molecule has 2 aromatic rings. The second-order valence-electron chi connectivity index (χ2n) is 6.32. The maximum Gasteiger partial charge on any atom is 0.323 e. The summed E-state index contributed by atoms with van der Waals surface area (Å²) in [5.41, 5.74) is 3.45. The molecule has 0 aliphatic rings. The molecule has 23 heavy (non-hydrogen) atoms. The third kappa shape index (κ3) is 4.80. The number of hydrogen-bond donors (Lipinski definition) is 0. The van der Waals surface area contributed by atoms with Crippen LogP contribution < -0.4 is 0 Å². The molecule has 3 heteroatoms. The monoisotopic (exact) mass is 422 g/mol. The summed E-state index contributed by atoms with van der Waals surface area (Å²) in [6, 6.07) is 18.1. The topological polar surface area (TPSA) is 26.3 Å². The van der Waals surface area contributed by atoms with Crippen LogP contribution in [0.5, 0.6) is 0 Å². The molecule has 0 bridgehead atoms. The van der Waals surface area contributed by atoms with Gasteiger partial charge in [-0.25, -0.2) is 0 Å². The van der Waals surface area contributed by atoms with Crippen LogP contribution in [0.25, 0.3) is 0 Å². The average molecular weight is 422 g/mol. The molecule has 0 N–H and O–H groups in total. The summed E-state index contributed by atoms with van der Waals surface area (Å²) in [5, 5.41) is 0. The summed E-state index contributed by atoms with van der Waals surface area (Å²) in [7, 11) is 0. The van der Waals surface area contributed by atoms with Crippen molar-refractivity contribution in [1.82, 2.24) is 0 Å². The molecule has 0 fully saturated rings. The Morgan fingerprint density at radius 3 is 2.26 bits per heavy atom. The first-order valence-corrected chi connectivity index (χ1v) is 9.13. The number of benzene rings is 2. The summed E-state index contributed by atoms with van der Waals surface area (Å²) in [5.74, 6) is -0.197. The minimum Gasteiger partial charge on any atom is -0.460 e. The van der Waals surface area contributed by atoms with Crippen molar-refractivity contribution < 1.29 is 9.53 Å². The fraction of sp³-hybridized carbons (Fsp3) is 0.350. The van der Waals surface area contributed by atoms with Crippen LogP contribution >= 0.6 is 22.6 Å². The quantitative estimate of drug-likeness (QED) is 0.345. The van der Waals surface area contributed by atoms with Gasteiger partial charge in [-0.05, 0) is 28.5 Å². The van der Waals surface area contributed by atoms with E-state index in [1.807, 2.05) is 42.5 Å². The highest BCUT2D eigenvalue weighted by Gasteiger charge is 2.21. The number of rotatable bonds is 6. The predicted octanol–water partition coefficient (Wildman–Crippen LogP) is 5.59. The molecule has 0 saturated carbocycles. The van der Waals surface area contributed by atoms with Crippen molar-refractivity contribution in [3.63, 3.8) is 0 Å². The van der Waals surface area contributed by atoms with Gasteiger partial charge in [-0.3, -0.25) is 4.79 Å². The fourth-order valence-corrected chi connectivity index (χ4v) is 2.84. The highest BCUT2D eigenvalue weighted by Crippen LogP contribution is 2.30. The van der Waals surface area contributed by atoms with Gasteiger partial charge < -0.3 is 4.74 Å². The molecule has 2 rings (SSSR count). The van der Waals surface area contributed by atoms with E-state index >= 15 is 0 Å². The molecular formula is C20H23IO2. The Morgan fingerprint density at radius 2 is 1.70 bits per heavy atom. The third-order valence-corrected chi connectivity index (χ3v) is 5.53. The van der Waals surface area contributed by atoms with Crippen molar-refractivity contribution in [2.75, 3.05) is 0 Å². The van der Waals surface area contributed by atoms with E-state index in [4.69, 9.17) is 4.74 Å². The Labute approximate surface area is 152 Å². The van der Waals surface area contributed by atoms with E-state index < -0.39 is 0 Å². The van der Waals surface area contributed by atoms with Crippen LogP contribution in [0, 0.1) is 0 Å². The van der Waals surface area contributed by atoms with Gasteiger partial charge in [0, 0.05) is 0 Å². The Hall–Kier alpha value is -1.36. The molecule has 0 heterocycles. The molecule has 0 radical (unpaired) electrons. The minimum absolute atomic E-state index is 0.160. The molecule has 0 amide bonds. The second-order valence-corrected chi connectivity index (χ2v) is 7.56. The normalized spacial score (nSPS) is 12.7. The van der Waals surface area contributed by atoms with E-state index in [0.717, 1.165) is 17.5 Å². The summed E-state index contributed by atoms with van der Waals surface area (Å²) >= 11 is 2.14. The molecule has 0 aromatic heterocycles. The number of ether oxygens (including phenoxy) is 1. The molecule has 1 unspecified atom stereocenters. The molecule has 2 aromatic carbocycles. The number of halogens is 1. The molecule has 0 aliphatic carbocycles. The molecule has 0 spiro atoms. The average Bonchev–Trinajstić information content (AvgIpc) is 2.60.